The predicted molar refractivity (Wildman–Crippen MR) is 112 cm³/mol. The van der Waals surface area contributed by atoms with Crippen molar-refractivity contribution < 1.29 is 29.0 Å². The lowest BCUT2D eigenvalue weighted by Crippen LogP contribution is -2.39. The van der Waals surface area contributed by atoms with Gasteiger partial charge in [0.1, 0.15) is 22.9 Å². The van der Waals surface area contributed by atoms with Gasteiger partial charge in [0.2, 0.25) is 0 Å². The summed E-state index contributed by atoms with van der Waals surface area (Å²) >= 11 is 0. The lowest BCUT2D eigenvalue weighted by atomic mass is 9.76. The summed E-state index contributed by atoms with van der Waals surface area (Å²) < 4.78 is 4.80. The molecule has 29 heavy (non-hydrogen) atoms. The van der Waals surface area contributed by atoms with Gasteiger partial charge in [0, 0.05) is 0 Å². The van der Waals surface area contributed by atoms with Crippen LogP contribution in [0.25, 0.3) is 0 Å². The first-order valence-corrected chi connectivity index (χ1v) is 10.1. The topological polar surface area (TPSA) is 97.7 Å². The zero-order valence-corrected chi connectivity index (χ0v) is 18.2. The van der Waals surface area contributed by atoms with Gasteiger partial charge in [0.15, 0.2) is 0 Å². The van der Waals surface area contributed by atoms with E-state index in [0.29, 0.717) is 19.4 Å². The van der Waals surface area contributed by atoms with Crippen LogP contribution in [0.1, 0.15) is 65.9 Å². The van der Waals surface area contributed by atoms with Crippen LogP contribution in [-0.4, -0.2) is 35.2 Å². The zero-order chi connectivity index (χ0) is 22.4. The molecule has 0 bridgehead atoms. The summed E-state index contributed by atoms with van der Waals surface area (Å²) in [6, 6.07) is 9.24. The van der Waals surface area contributed by atoms with Gasteiger partial charge in [-0.1, -0.05) is 57.0 Å². The Bertz CT molecular complexity index is 651. The SMILES string of the molecule is CCC(Cc1ccccc1)(C(C)=O)C(=O)O.CCCCC(C(C)=O)C(=O)OCC. The Balaban J connectivity index is 0.000000555. The Morgan fingerprint density at radius 2 is 1.62 bits per heavy atom. The molecule has 0 saturated carbocycles. The maximum Gasteiger partial charge on any atom is 0.317 e. The first-order chi connectivity index (χ1) is 13.7. The highest BCUT2D eigenvalue weighted by atomic mass is 16.5. The summed E-state index contributed by atoms with van der Waals surface area (Å²) in [6.45, 7) is 8.64. The fourth-order valence-electron chi connectivity index (χ4n) is 2.96. The highest BCUT2D eigenvalue weighted by Crippen LogP contribution is 2.28. The molecule has 0 saturated heterocycles. The number of unbranched alkanes of at least 4 members (excludes halogenated alkanes) is 1. The minimum atomic E-state index is -1.28. The summed E-state index contributed by atoms with van der Waals surface area (Å²) in [5, 5.41) is 9.23. The molecule has 162 valence electrons. The molecule has 0 spiro atoms. The van der Waals surface area contributed by atoms with E-state index in [1.807, 2.05) is 37.3 Å². The second kappa shape index (κ2) is 13.6. The Labute approximate surface area is 173 Å². The molecule has 6 heteroatoms. The van der Waals surface area contributed by atoms with Crippen molar-refractivity contribution in [3.63, 3.8) is 0 Å². The average molecular weight is 407 g/mol. The van der Waals surface area contributed by atoms with E-state index in [9.17, 15) is 24.3 Å². The van der Waals surface area contributed by atoms with Gasteiger partial charge < -0.3 is 9.84 Å². The van der Waals surface area contributed by atoms with Crippen molar-refractivity contribution in [1.82, 2.24) is 0 Å². The van der Waals surface area contributed by atoms with Gasteiger partial charge in [-0.05, 0) is 45.6 Å². The molecule has 0 aliphatic rings. The van der Waals surface area contributed by atoms with Crippen molar-refractivity contribution in [2.45, 2.75) is 66.7 Å². The van der Waals surface area contributed by atoms with Gasteiger partial charge in [-0.2, -0.15) is 0 Å². The predicted octanol–water partition coefficient (Wildman–Crippen LogP) is 4.24. The van der Waals surface area contributed by atoms with E-state index in [0.717, 1.165) is 18.4 Å². The number of ketones is 2. The zero-order valence-electron chi connectivity index (χ0n) is 18.2. The van der Waals surface area contributed by atoms with E-state index in [1.165, 1.54) is 13.8 Å². The lowest BCUT2D eigenvalue weighted by Gasteiger charge is -2.25. The number of esters is 1. The number of hydrogen-bond acceptors (Lipinski definition) is 5. The number of carboxylic acid groups (broad SMARTS) is 1. The number of carbonyl (C=O) groups excluding carboxylic acids is 3. The van der Waals surface area contributed by atoms with E-state index in [2.05, 4.69) is 0 Å². The third-order valence-electron chi connectivity index (χ3n) is 4.94. The van der Waals surface area contributed by atoms with Gasteiger partial charge in [-0.3, -0.25) is 19.2 Å². The normalized spacial score (nSPS) is 13.3. The lowest BCUT2D eigenvalue weighted by molar-refractivity contribution is -0.155. The highest BCUT2D eigenvalue weighted by Gasteiger charge is 2.41. The number of rotatable bonds is 11. The van der Waals surface area contributed by atoms with Gasteiger partial charge in [0.25, 0.3) is 0 Å². The number of carboxylic acids is 1. The Hall–Kier alpha value is -2.50. The molecule has 0 aliphatic carbocycles. The van der Waals surface area contributed by atoms with E-state index in [4.69, 9.17) is 4.74 Å². The van der Waals surface area contributed by atoms with Crippen LogP contribution in [0, 0.1) is 11.3 Å². The fourth-order valence-corrected chi connectivity index (χ4v) is 2.96. The summed E-state index contributed by atoms with van der Waals surface area (Å²) in [5.41, 5.74) is -0.400. The Morgan fingerprint density at radius 1 is 1.03 bits per heavy atom. The second-order valence-electron chi connectivity index (χ2n) is 7.02. The molecule has 2 atom stereocenters. The average Bonchev–Trinajstić information content (AvgIpc) is 2.67. The number of ether oxygens (including phenoxy) is 1. The van der Waals surface area contributed by atoms with E-state index in [-0.39, 0.29) is 24.0 Å². The van der Waals surface area contributed by atoms with Crippen molar-refractivity contribution in [2.24, 2.45) is 11.3 Å². The third-order valence-corrected chi connectivity index (χ3v) is 4.94. The number of aliphatic carboxylic acids is 1. The van der Waals surface area contributed by atoms with Crippen molar-refractivity contribution in [1.29, 1.82) is 0 Å². The van der Waals surface area contributed by atoms with E-state index < -0.39 is 17.3 Å². The molecule has 0 fully saturated rings. The quantitative estimate of drug-likeness (QED) is 0.436. The number of benzene rings is 1. The molecule has 6 nitrogen and oxygen atoms in total. The van der Waals surface area contributed by atoms with Crippen LogP contribution in [0.3, 0.4) is 0 Å². The standard InChI is InChI=1S/C13H16O3.C10H18O3/c1-3-13(10(2)14,12(15)16)9-11-7-5-4-6-8-11;1-4-6-7-9(8(3)11)10(12)13-5-2/h4-8H,3,9H2,1-2H3,(H,15,16);9H,4-7H2,1-3H3. The highest BCUT2D eigenvalue weighted by molar-refractivity contribution is 6.02. The molecular weight excluding hydrogens is 372 g/mol. The smallest absolute Gasteiger partial charge is 0.317 e. The molecule has 0 aliphatic heterocycles. The monoisotopic (exact) mass is 406 g/mol. The maximum absolute atomic E-state index is 11.6. The fraction of sp³-hybridized carbons (Fsp3) is 0.565. The molecule has 1 rings (SSSR count). The molecule has 0 heterocycles. The van der Waals surface area contributed by atoms with Crippen LogP contribution in [0.2, 0.25) is 0 Å². The Kier molecular flexibility index (Phi) is 12.5. The molecule has 1 aromatic rings. The minimum Gasteiger partial charge on any atom is -0.480 e. The Morgan fingerprint density at radius 3 is 2.00 bits per heavy atom. The maximum atomic E-state index is 11.6. The molecule has 0 amide bonds. The van der Waals surface area contributed by atoms with Crippen LogP contribution in [0.4, 0.5) is 0 Å². The first-order valence-electron chi connectivity index (χ1n) is 10.1. The summed E-state index contributed by atoms with van der Waals surface area (Å²) in [5.74, 6) is -2.33. The second-order valence-corrected chi connectivity index (χ2v) is 7.02. The first kappa shape index (κ1) is 26.5. The summed E-state index contributed by atoms with van der Waals surface area (Å²) in [7, 11) is 0. The van der Waals surface area contributed by atoms with Crippen molar-refractivity contribution in [3.05, 3.63) is 35.9 Å². The van der Waals surface area contributed by atoms with Gasteiger partial charge in [0.05, 0.1) is 6.61 Å². The molecule has 0 aromatic heterocycles. The minimum absolute atomic E-state index is 0.0908. The summed E-state index contributed by atoms with van der Waals surface area (Å²) in [4.78, 5) is 45.2. The molecule has 1 N–H and O–H groups in total. The molecular formula is C23H34O6. The van der Waals surface area contributed by atoms with Crippen LogP contribution < -0.4 is 0 Å². The summed E-state index contributed by atoms with van der Waals surface area (Å²) in [6.07, 6.45) is 3.07. The number of carbonyl (C=O) groups is 4. The van der Waals surface area contributed by atoms with Crippen LogP contribution in [0.5, 0.6) is 0 Å². The van der Waals surface area contributed by atoms with E-state index in [1.54, 1.807) is 13.8 Å². The van der Waals surface area contributed by atoms with Crippen LogP contribution in [-0.2, 0) is 30.3 Å². The number of hydrogen-bond donors (Lipinski definition) is 1. The van der Waals surface area contributed by atoms with Crippen LogP contribution >= 0.6 is 0 Å². The third kappa shape index (κ3) is 8.59. The molecule has 1 aromatic carbocycles. The molecule has 0 radical (unpaired) electrons. The van der Waals surface area contributed by atoms with Gasteiger partial charge in [-0.25, -0.2) is 0 Å². The van der Waals surface area contributed by atoms with E-state index >= 15 is 0 Å². The number of Topliss-reactive ketones (excluding diaryl/α,β-unsaturated/α-hetero) is 2. The van der Waals surface area contributed by atoms with Crippen molar-refractivity contribution in [3.8, 4) is 0 Å². The molecule has 2 unspecified atom stereocenters. The van der Waals surface area contributed by atoms with Gasteiger partial charge >= 0.3 is 11.9 Å². The van der Waals surface area contributed by atoms with Gasteiger partial charge in [-0.15, -0.1) is 0 Å². The van der Waals surface area contributed by atoms with Crippen molar-refractivity contribution in [2.75, 3.05) is 6.61 Å². The van der Waals surface area contributed by atoms with Crippen molar-refractivity contribution >= 4 is 23.5 Å². The largest absolute Gasteiger partial charge is 0.480 e. The van der Waals surface area contributed by atoms with Crippen LogP contribution in [0.15, 0.2) is 30.3 Å².